The van der Waals surface area contributed by atoms with Crippen LogP contribution in [-0.4, -0.2) is 17.9 Å². The van der Waals surface area contributed by atoms with Crippen LogP contribution in [0.15, 0.2) is 47.1 Å². The van der Waals surface area contributed by atoms with Gasteiger partial charge >= 0.3 is 0 Å². The van der Waals surface area contributed by atoms with Crippen LogP contribution in [0.4, 0.5) is 4.39 Å². The zero-order valence-corrected chi connectivity index (χ0v) is 12.7. The van der Waals surface area contributed by atoms with Crippen molar-refractivity contribution < 1.29 is 13.9 Å². The van der Waals surface area contributed by atoms with Crippen molar-refractivity contribution in [2.45, 2.75) is 0 Å². The molecule has 2 aromatic carbocycles. The highest BCUT2D eigenvalue weighted by molar-refractivity contribution is 9.10. The van der Waals surface area contributed by atoms with Gasteiger partial charge in [0.2, 0.25) is 0 Å². The van der Waals surface area contributed by atoms with Crippen LogP contribution in [0, 0.1) is 5.82 Å². The van der Waals surface area contributed by atoms with Crippen LogP contribution in [0.2, 0.25) is 0 Å². The minimum Gasteiger partial charge on any atom is -0.496 e. The third-order valence-corrected chi connectivity index (χ3v) is 3.80. The fourth-order valence-electron chi connectivity index (χ4n) is 2.32. The van der Waals surface area contributed by atoms with Gasteiger partial charge in [-0.2, -0.15) is 0 Å². The summed E-state index contributed by atoms with van der Waals surface area (Å²) in [5, 5.41) is 0.660. The van der Waals surface area contributed by atoms with Gasteiger partial charge in [-0.15, -0.1) is 0 Å². The third-order valence-electron chi connectivity index (χ3n) is 3.31. The summed E-state index contributed by atoms with van der Waals surface area (Å²) >= 11 is 3.18. The molecule has 0 saturated heterocycles. The van der Waals surface area contributed by atoms with Crippen LogP contribution >= 0.6 is 15.9 Å². The Morgan fingerprint density at radius 3 is 2.76 bits per heavy atom. The van der Waals surface area contributed by atoms with Gasteiger partial charge in [-0.3, -0.25) is 4.79 Å². The molecule has 0 amide bonds. The molecule has 0 aliphatic carbocycles. The van der Waals surface area contributed by atoms with Crippen molar-refractivity contribution in [1.29, 1.82) is 0 Å². The van der Waals surface area contributed by atoms with E-state index < -0.39 is 5.82 Å². The number of ketones is 1. The molecule has 0 radical (unpaired) electrons. The fourth-order valence-corrected chi connectivity index (χ4v) is 2.65. The van der Waals surface area contributed by atoms with Gasteiger partial charge in [0.1, 0.15) is 11.6 Å². The van der Waals surface area contributed by atoms with E-state index in [0.29, 0.717) is 21.2 Å². The average Bonchev–Trinajstić information content (AvgIpc) is 2.90. The van der Waals surface area contributed by atoms with Crippen molar-refractivity contribution in [3.05, 3.63) is 64.0 Å². The average molecular weight is 348 g/mol. The van der Waals surface area contributed by atoms with Gasteiger partial charge in [0, 0.05) is 16.2 Å². The van der Waals surface area contributed by atoms with Crippen LogP contribution in [0.3, 0.4) is 0 Å². The Labute approximate surface area is 128 Å². The molecule has 0 fully saturated rings. The van der Waals surface area contributed by atoms with Gasteiger partial charge in [0.15, 0.2) is 5.78 Å². The molecule has 3 aromatic rings. The number of aromatic nitrogens is 1. The number of fused-ring (bicyclic) bond motifs is 1. The van der Waals surface area contributed by atoms with Crippen LogP contribution in [0.5, 0.6) is 5.75 Å². The number of H-pyrrole nitrogens is 1. The SMILES string of the molecule is COc1cccc2[nH]cc(C(=O)c3ccc(Br)cc3F)c12. The lowest BCUT2D eigenvalue weighted by molar-refractivity contribution is 0.103. The predicted molar refractivity (Wildman–Crippen MR) is 82.4 cm³/mol. The summed E-state index contributed by atoms with van der Waals surface area (Å²) in [6.45, 7) is 0. The largest absolute Gasteiger partial charge is 0.496 e. The fraction of sp³-hybridized carbons (Fsp3) is 0.0625. The molecule has 106 valence electrons. The first kappa shape index (κ1) is 13.8. The lowest BCUT2D eigenvalue weighted by Gasteiger charge is -2.05. The zero-order valence-electron chi connectivity index (χ0n) is 11.1. The molecular formula is C16H11BrFNO2. The molecule has 21 heavy (non-hydrogen) atoms. The first-order valence-electron chi connectivity index (χ1n) is 6.25. The van der Waals surface area contributed by atoms with E-state index in [1.807, 2.05) is 12.1 Å². The van der Waals surface area contributed by atoms with Gasteiger partial charge in [-0.05, 0) is 30.3 Å². The van der Waals surface area contributed by atoms with Gasteiger partial charge < -0.3 is 9.72 Å². The van der Waals surface area contributed by atoms with Crippen molar-refractivity contribution in [3.63, 3.8) is 0 Å². The molecule has 1 N–H and O–H groups in total. The van der Waals surface area contributed by atoms with E-state index >= 15 is 0 Å². The van der Waals surface area contributed by atoms with E-state index in [1.54, 1.807) is 18.3 Å². The van der Waals surface area contributed by atoms with Crippen molar-refractivity contribution in [1.82, 2.24) is 4.98 Å². The molecular weight excluding hydrogens is 337 g/mol. The molecule has 0 unspecified atom stereocenters. The number of hydrogen-bond acceptors (Lipinski definition) is 2. The van der Waals surface area contributed by atoms with E-state index in [4.69, 9.17) is 4.74 Å². The molecule has 0 saturated carbocycles. The van der Waals surface area contributed by atoms with E-state index in [-0.39, 0.29) is 11.3 Å². The maximum Gasteiger partial charge on any atom is 0.198 e. The Balaban J connectivity index is 2.18. The first-order chi connectivity index (χ1) is 10.1. The minimum atomic E-state index is -0.557. The normalized spacial score (nSPS) is 10.8. The van der Waals surface area contributed by atoms with Gasteiger partial charge in [0.25, 0.3) is 0 Å². The number of nitrogens with one attached hydrogen (secondary N) is 1. The molecule has 0 aliphatic heterocycles. The summed E-state index contributed by atoms with van der Waals surface area (Å²) in [6.07, 6.45) is 1.58. The van der Waals surface area contributed by atoms with Crippen LogP contribution in [0.1, 0.15) is 15.9 Å². The topological polar surface area (TPSA) is 42.1 Å². The number of carbonyl (C=O) groups excluding carboxylic acids is 1. The first-order valence-corrected chi connectivity index (χ1v) is 7.05. The maximum atomic E-state index is 14.0. The zero-order chi connectivity index (χ0) is 15.0. The van der Waals surface area contributed by atoms with Crippen LogP contribution in [-0.2, 0) is 0 Å². The smallest absolute Gasteiger partial charge is 0.198 e. The summed E-state index contributed by atoms with van der Waals surface area (Å²) in [7, 11) is 1.54. The monoisotopic (exact) mass is 347 g/mol. The van der Waals surface area contributed by atoms with Gasteiger partial charge in [-0.25, -0.2) is 4.39 Å². The van der Waals surface area contributed by atoms with E-state index in [1.165, 1.54) is 19.2 Å². The van der Waals surface area contributed by atoms with Crippen molar-refractivity contribution in [2.75, 3.05) is 7.11 Å². The number of halogens is 2. The number of ether oxygens (including phenoxy) is 1. The summed E-state index contributed by atoms with van der Waals surface area (Å²) in [4.78, 5) is 15.6. The number of benzene rings is 2. The molecule has 3 rings (SSSR count). The van der Waals surface area contributed by atoms with Crippen LogP contribution < -0.4 is 4.74 Å². The summed E-state index contributed by atoms with van der Waals surface area (Å²) in [5.74, 6) is -0.357. The lowest BCUT2D eigenvalue weighted by atomic mass is 10.0. The molecule has 3 nitrogen and oxygen atoms in total. The van der Waals surface area contributed by atoms with E-state index in [2.05, 4.69) is 20.9 Å². The van der Waals surface area contributed by atoms with Gasteiger partial charge in [-0.1, -0.05) is 22.0 Å². The number of hydrogen-bond donors (Lipinski definition) is 1. The summed E-state index contributed by atoms with van der Waals surface area (Å²) in [5.41, 5.74) is 1.20. The van der Waals surface area contributed by atoms with Crippen molar-refractivity contribution in [3.8, 4) is 5.75 Å². The Bertz CT molecular complexity index is 841. The lowest BCUT2D eigenvalue weighted by Crippen LogP contribution is -2.04. The molecule has 0 spiro atoms. The van der Waals surface area contributed by atoms with Gasteiger partial charge in [0.05, 0.1) is 23.6 Å². The number of aromatic amines is 1. The number of methoxy groups -OCH3 is 1. The van der Waals surface area contributed by atoms with E-state index in [9.17, 15) is 9.18 Å². The quantitative estimate of drug-likeness (QED) is 0.717. The van der Waals surface area contributed by atoms with E-state index in [0.717, 1.165) is 5.52 Å². The third kappa shape index (κ3) is 2.34. The van der Waals surface area contributed by atoms with Crippen LogP contribution in [0.25, 0.3) is 10.9 Å². The molecule has 0 bridgehead atoms. The second-order valence-electron chi connectivity index (χ2n) is 4.54. The molecule has 0 atom stereocenters. The second-order valence-corrected chi connectivity index (χ2v) is 5.45. The summed E-state index contributed by atoms with van der Waals surface area (Å²) in [6, 6.07) is 9.82. The Morgan fingerprint density at radius 1 is 1.24 bits per heavy atom. The Hall–Kier alpha value is -2.14. The number of rotatable bonds is 3. The molecule has 5 heteroatoms. The second kappa shape index (κ2) is 5.33. The Morgan fingerprint density at radius 2 is 2.05 bits per heavy atom. The Kier molecular flexibility index (Phi) is 3.51. The molecule has 0 aliphatic rings. The summed E-state index contributed by atoms with van der Waals surface area (Å²) < 4.78 is 19.9. The highest BCUT2D eigenvalue weighted by Gasteiger charge is 2.20. The molecule has 1 heterocycles. The molecule has 1 aromatic heterocycles. The highest BCUT2D eigenvalue weighted by atomic mass is 79.9. The van der Waals surface area contributed by atoms with Crippen molar-refractivity contribution >= 4 is 32.6 Å². The maximum absolute atomic E-state index is 14.0. The number of carbonyl (C=O) groups is 1. The highest BCUT2D eigenvalue weighted by Crippen LogP contribution is 2.30. The minimum absolute atomic E-state index is 0.0324. The standard InChI is InChI=1S/C16H11BrFNO2/c1-21-14-4-2-3-13-15(14)11(8-19-13)16(20)10-6-5-9(17)7-12(10)18/h2-8,19H,1H3. The predicted octanol–water partition coefficient (Wildman–Crippen LogP) is 4.31. The van der Waals surface area contributed by atoms with Crippen molar-refractivity contribution in [2.24, 2.45) is 0 Å².